The van der Waals surface area contributed by atoms with Crippen LogP contribution in [0, 0.1) is 5.92 Å². The van der Waals surface area contributed by atoms with E-state index in [2.05, 4.69) is 36.4 Å². The smallest absolute Gasteiger partial charge is 0.164 e. The van der Waals surface area contributed by atoms with Gasteiger partial charge in [-0.05, 0) is 42.5 Å². The third-order valence-corrected chi connectivity index (χ3v) is 5.52. The molecule has 0 fully saturated rings. The Balaban J connectivity index is 1.92. The predicted octanol–water partition coefficient (Wildman–Crippen LogP) is 5.49. The lowest BCUT2D eigenvalue weighted by molar-refractivity contribution is 0.348. The lowest BCUT2D eigenvalue weighted by atomic mass is 9.79. The van der Waals surface area contributed by atoms with Crippen molar-refractivity contribution in [1.82, 2.24) is 0 Å². The van der Waals surface area contributed by atoms with Crippen molar-refractivity contribution in [3.05, 3.63) is 59.7 Å². The van der Waals surface area contributed by atoms with Gasteiger partial charge in [0.25, 0.3) is 0 Å². The molecule has 3 rings (SSSR count). The summed E-state index contributed by atoms with van der Waals surface area (Å²) in [5.74, 6) is 4.18. The Labute approximate surface area is 178 Å². The van der Waals surface area contributed by atoms with Crippen molar-refractivity contribution in [2.45, 2.75) is 18.8 Å². The molecule has 0 heterocycles. The second kappa shape index (κ2) is 10.1. The number of benzene rings is 2. The molecule has 0 bridgehead atoms. The van der Waals surface area contributed by atoms with Crippen LogP contribution in [0.5, 0.6) is 28.7 Å². The SMILES string of the molecule is COc1cc(OC)c(OC)cc1C=CC1CCC=CC1c1ccc(OC)c(OC)c1. The van der Waals surface area contributed by atoms with Crippen molar-refractivity contribution in [1.29, 1.82) is 0 Å². The van der Waals surface area contributed by atoms with Gasteiger partial charge in [0, 0.05) is 17.5 Å². The van der Waals surface area contributed by atoms with E-state index in [4.69, 9.17) is 23.7 Å². The molecule has 2 unspecified atom stereocenters. The quantitative estimate of drug-likeness (QED) is 0.538. The fourth-order valence-electron chi connectivity index (χ4n) is 3.90. The summed E-state index contributed by atoms with van der Waals surface area (Å²) < 4.78 is 27.3. The van der Waals surface area contributed by atoms with Crippen molar-refractivity contribution in [3.8, 4) is 28.7 Å². The molecule has 160 valence electrons. The third-order valence-electron chi connectivity index (χ3n) is 5.52. The van der Waals surface area contributed by atoms with E-state index in [1.807, 2.05) is 18.2 Å². The van der Waals surface area contributed by atoms with Crippen molar-refractivity contribution in [2.24, 2.45) is 5.92 Å². The maximum Gasteiger partial charge on any atom is 0.164 e. The summed E-state index contributed by atoms with van der Waals surface area (Å²) >= 11 is 0. The molecule has 0 radical (unpaired) electrons. The average molecular weight is 411 g/mol. The summed E-state index contributed by atoms with van der Waals surface area (Å²) in [4.78, 5) is 0. The molecule has 5 nitrogen and oxygen atoms in total. The molecule has 0 N–H and O–H groups in total. The second-order valence-corrected chi connectivity index (χ2v) is 7.12. The Morgan fingerprint density at radius 2 is 1.37 bits per heavy atom. The predicted molar refractivity (Wildman–Crippen MR) is 119 cm³/mol. The van der Waals surface area contributed by atoms with Crippen LogP contribution in [0.3, 0.4) is 0 Å². The molecule has 1 aliphatic rings. The minimum atomic E-state index is 0.265. The number of hydrogen-bond donors (Lipinski definition) is 0. The Hall–Kier alpha value is -3.08. The van der Waals surface area contributed by atoms with E-state index in [-0.39, 0.29) is 5.92 Å². The summed E-state index contributed by atoms with van der Waals surface area (Å²) in [6.07, 6.45) is 11.0. The van der Waals surface area contributed by atoms with Gasteiger partial charge in [0.15, 0.2) is 23.0 Å². The van der Waals surface area contributed by atoms with E-state index in [0.717, 1.165) is 35.7 Å². The summed E-state index contributed by atoms with van der Waals surface area (Å²) in [5.41, 5.74) is 2.16. The second-order valence-electron chi connectivity index (χ2n) is 7.12. The minimum absolute atomic E-state index is 0.265. The highest BCUT2D eigenvalue weighted by molar-refractivity contribution is 5.64. The number of ether oxygens (including phenoxy) is 5. The normalized spacial score (nSPS) is 18.3. The molecule has 0 aliphatic heterocycles. The monoisotopic (exact) mass is 410 g/mol. The zero-order valence-electron chi connectivity index (χ0n) is 18.3. The topological polar surface area (TPSA) is 46.2 Å². The first-order valence-electron chi connectivity index (χ1n) is 10.0. The van der Waals surface area contributed by atoms with Crippen LogP contribution in [0.1, 0.15) is 29.9 Å². The molecule has 0 saturated heterocycles. The molecule has 2 aromatic rings. The van der Waals surface area contributed by atoms with Gasteiger partial charge in [0.2, 0.25) is 0 Å². The molecule has 0 spiro atoms. The van der Waals surface area contributed by atoms with E-state index < -0.39 is 0 Å². The van der Waals surface area contributed by atoms with E-state index in [1.165, 1.54) is 5.56 Å². The molecule has 1 aliphatic carbocycles. The standard InChI is InChI=1S/C25H30O5/c1-26-21-13-12-18(14-23(21)28-3)20-9-7-6-8-17(20)10-11-19-15-24(29-4)25(30-5)16-22(19)27-2/h7,9-17,20H,6,8H2,1-5H3. The van der Waals surface area contributed by atoms with Crippen LogP contribution in [0.25, 0.3) is 6.08 Å². The van der Waals surface area contributed by atoms with Crippen molar-refractivity contribution in [3.63, 3.8) is 0 Å². The van der Waals surface area contributed by atoms with E-state index in [0.29, 0.717) is 17.4 Å². The lowest BCUT2D eigenvalue weighted by Crippen LogP contribution is -2.12. The Bertz CT molecular complexity index is 916. The van der Waals surface area contributed by atoms with Crippen LogP contribution in [-0.2, 0) is 0 Å². The minimum Gasteiger partial charge on any atom is -0.496 e. The van der Waals surface area contributed by atoms with Crippen molar-refractivity contribution < 1.29 is 23.7 Å². The molecular weight excluding hydrogens is 380 g/mol. The fourth-order valence-corrected chi connectivity index (χ4v) is 3.90. The molecule has 0 aromatic heterocycles. The average Bonchev–Trinajstić information content (AvgIpc) is 2.81. The zero-order chi connectivity index (χ0) is 21.5. The fraction of sp³-hybridized carbons (Fsp3) is 0.360. The van der Waals surface area contributed by atoms with Gasteiger partial charge in [-0.1, -0.05) is 30.4 Å². The molecule has 2 atom stereocenters. The highest BCUT2D eigenvalue weighted by atomic mass is 16.5. The van der Waals surface area contributed by atoms with Gasteiger partial charge in [0.1, 0.15) is 5.75 Å². The number of methoxy groups -OCH3 is 5. The first kappa shape index (κ1) is 21.6. The molecule has 0 amide bonds. The van der Waals surface area contributed by atoms with Crippen LogP contribution in [0.4, 0.5) is 0 Å². The van der Waals surface area contributed by atoms with Gasteiger partial charge in [-0.2, -0.15) is 0 Å². The molecular formula is C25H30O5. The molecule has 30 heavy (non-hydrogen) atoms. The number of allylic oxidation sites excluding steroid dienone is 3. The number of rotatable bonds is 8. The maximum atomic E-state index is 5.56. The molecule has 5 heteroatoms. The van der Waals surface area contributed by atoms with Gasteiger partial charge >= 0.3 is 0 Å². The lowest BCUT2D eigenvalue weighted by Gasteiger charge is -2.26. The van der Waals surface area contributed by atoms with Crippen LogP contribution in [0.2, 0.25) is 0 Å². The zero-order valence-corrected chi connectivity index (χ0v) is 18.3. The van der Waals surface area contributed by atoms with Crippen LogP contribution >= 0.6 is 0 Å². The first-order valence-corrected chi connectivity index (χ1v) is 10.0. The highest BCUT2D eigenvalue weighted by Crippen LogP contribution is 2.40. The van der Waals surface area contributed by atoms with E-state index in [1.54, 1.807) is 35.5 Å². The van der Waals surface area contributed by atoms with Crippen molar-refractivity contribution >= 4 is 6.08 Å². The van der Waals surface area contributed by atoms with E-state index in [9.17, 15) is 0 Å². The summed E-state index contributed by atoms with van der Waals surface area (Å²) in [6.45, 7) is 0. The van der Waals surface area contributed by atoms with E-state index >= 15 is 0 Å². The summed E-state index contributed by atoms with van der Waals surface area (Å²) in [6, 6.07) is 9.94. The Morgan fingerprint density at radius 1 is 0.733 bits per heavy atom. The Kier molecular flexibility index (Phi) is 7.28. The van der Waals surface area contributed by atoms with Gasteiger partial charge < -0.3 is 23.7 Å². The summed E-state index contributed by atoms with van der Waals surface area (Å²) in [7, 11) is 8.24. The first-order chi connectivity index (χ1) is 14.6. The van der Waals surface area contributed by atoms with Gasteiger partial charge in [-0.3, -0.25) is 0 Å². The van der Waals surface area contributed by atoms with Gasteiger partial charge in [-0.25, -0.2) is 0 Å². The van der Waals surface area contributed by atoms with Crippen LogP contribution < -0.4 is 23.7 Å². The van der Waals surface area contributed by atoms with Gasteiger partial charge in [-0.15, -0.1) is 0 Å². The molecule has 2 aromatic carbocycles. The van der Waals surface area contributed by atoms with Gasteiger partial charge in [0.05, 0.1) is 35.5 Å². The largest absolute Gasteiger partial charge is 0.496 e. The number of hydrogen-bond acceptors (Lipinski definition) is 5. The van der Waals surface area contributed by atoms with Crippen molar-refractivity contribution in [2.75, 3.05) is 35.5 Å². The molecule has 0 saturated carbocycles. The highest BCUT2D eigenvalue weighted by Gasteiger charge is 2.22. The Morgan fingerprint density at radius 3 is 2.03 bits per heavy atom. The maximum absolute atomic E-state index is 5.56. The summed E-state index contributed by atoms with van der Waals surface area (Å²) in [5, 5.41) is 0. The van der Waals surface area contributed by atoms with Crippen LogP contribution in [0.15, 0.2) is 48.6 Å². The third kappa shape index (κ3) is 4.56. The van der Waals surface area contributed by atoms with Crippen LogP contribution in [-0.4, -0.2) is 35.5 Å².